The maximum Gasteiger partial charge on any atom is 0.295 e. The summed E-state index contributed by atoms with van der Waals surface area (Å²) in [6.07, 6.45) is 5.05. The summed E-state index contributed by atoms with van der Waals surface area (Å²) in [6, 6.07) is 20.8. The van der Waals surface area contributed by atoms with Crippen LogP contribution in [0.5, 0.6) is 0 Å². The van der Waals surface area contributed by atoms with Gasteiger partial charge in [0.15, 0.2) is 0 Å². The summed E-state index contributed by atoms with van der Waals surface area (Å²) in [4.78, 5) is 28.4. The Bertz CT molecular complexity index is 1230. The molecule has 0 radical (unpaired) electrons. The number of carbonyl (C=O) groups is 2. The molecule has 1 aliphatic heterocycles. The van der Waals surface area contributed by atoms with E-state index in [2.05, 4.69) is 0 Å². The Morgan fingerprint density at radius 2 is 1.62 bits per heavy atom. The zero-order chi connectivity index (χ0) is 22.2. The highest BCUT2D eigenvalue weighted by Gasteiger charge is 2.48. The summed E-state index contributed by atoms with van der Waals surface area (Å²) in [5.74, 6) is -1.18. The van der Waals surface area contributed by atoms with Gasteiger partial charge in [0.25, 0.3) is 11.7 Å². The maximum atomic E-state index is 13.4. The second-order valence-corrected chi connectivity index (χ2v) is 8.94. The van der Waals surface area contributed by atoms with Gasteiger partial charge in [0.05, 0.1) is 11.6 Å². The second kappa shape index (κ2) is 8.27. The minimum absolute atomic E-state index is 0.0172. The summed E-state index contributed by atoms with van der Waals surface area (Å²) in [5.41, 5.74) is 2.71. The summed E-state index contributed by atoms with van der Waals surface area (Å²) in [6.45, 7) is 2.00. The zero-order valence-corrected chi connectivity index (χ0v) is 18.3. The lowest BCUT2D eigenvalue weighted by atomic mass is 9.90. The van der Waals surface area contributed by atoms with Gasteiger partial charge in [-0.1, -0.05) is 91.6 Å². The standard InChI is InChI=1S/C28H27NO3/c1-18-9-7-12-20(17-18)25-24(27(31)28(32)29(25)21-13-3-2-4-14-21)26(30)23-16-8-11-19-10-5-6-15-22(19)23/h5-12,15-17,21,25,30H,2-4,13-14H2,1H3/b26-24-. The average molecular weight is 426 g/mol. The molecule has 1 amide bonds. The van der Waals surface area contributed by atoms with E-state index < -0.39 is 17.7 Å². The molecule has 4 nitrogen and oxygen atoms in total. The SMILES string of the molecule is Cc1cccc(C2/C(=C(/O)c3cccc4ccccc34)C(=O)C(=O)N2C2CCCCC2)c1. The van der Waals surface area contributed by atoms with E-state index in [1.807, 2.05) is 73.7 Å². The van der Waals surface area contributed by atoms with E-state index in [-0.39, 0.29) is 17.4 Å². The Hall–Kier alpha value is -3.40. The first-order valence-corrected chi connectivity index (χ1v) is 11.4. The summed E-state index contributed by atoms with van der Waals surface area (Å²) in [7, 11) is 0. The van der Waals surface area contributed by atoms with Crippen LogP contribution in [0.1, 0.15) is 54.8 Å². The van der Waals surface area contributed by atoms with Crippen molar-refractivity contribution in [2.45, 2.75) is 51.1 Å². The maximum absolute atomic E-state index is 13.4. The highest BCUT2D eigenvalue weighted by Crippen LogP contribution is 2.43. The number of amides is 1. The first-order chi connectivity index (χ1) is 15.6. The van der Waals surface area contributed by atoms with E-state index in [4.69, 9.17) is 0 Å². The number of fused-ring (bicyclic) bond motifs is 1. The van der Waals surface area contributed by atoms with Crippen LogP contribution in [0.2, 0.25) is 0 Å². The van der Waals surface area contributed by atoms with Gasteiger partial charge in [-0.25, -0.2) is 0 Å². The fourth-order valence-electron chi connectivity index (χ4n) is 5.33. The van der Waals surface area contributed by atoms with Gasteiger partial charge in [-0.3, -0.25) is 9.59 Å². The third-order valence-electron chi connectivity index (χ3n) is 6.85. The van der Waals surface area contributed by atoms with Crippen LogP contribution < -0.4 is 0 Å². The van der Waals surface area contributed by atoms with E-state index in [1.54, 1.807) is 4.90 Å². The molecule has 2 aliphatic rings. The molecule has 1 atom stereocenters. The van der Waals surface area contributed by atoms with Gasteiger partial charge >= 0.3 is 0 Å². The molecule has 1 unspecified atom stereocenters. The number of nitrogens with zero attached hydrogens (tertiary/aromatic N) is 1. The molecule has 0 aromatic heterocycles. The van der Waals surface area contributed by atoms with Crippen LogP contribution in [0.4, 0.5) is 0 Å². The Morgan fingerprint density at radius 1 is 0.906 bits per heavy atom. The van der Waals surface area contributed by atoms with Gasteiger partial charge in [0.1, 0.15) is 5.76 Å². The summed E-state index contributed by atoms with van der Waals surface area (Å²) < 4.78 is 0. The van der Waals surface area contributed by atoms with Crippen LogP contribution in [0, 0.1) is 6.92 Å². The molecular formula is C28H27NO3. The molecule has 162 valence electrons. The van der Waals surface area contributed by atoms with E-state index in [0.717, 1.165) is 54.0 Å². The van der Waals surface area contributed by atoms with Crippen molar-refractivity contribution in [1.82, 2.24) is 4.90 Å². The van der Waals surface area contributed by atoms with Gasteiger partial charge in [0, 0.05) is 11.6 Å². The Morgan fingerprint density at radius 3 is 2.41 bits per heavy atom. The van der Waals surface area contributed by atoms with Crippen molar-refractivity contribution in [3.05, 3.63) is 89.0 Å². The number of likely N-dealkylation sites (tertiary alicyclic amines) is 1. The first kappa shape index (κ1) is 20.5. The number of hydrogen-bond donors (Lipinski definition) is 1. The van der Waals surface area contributed by atoms with Crippen LogP contribution in [0.3, 0.4) is 0 Å². The van der Waals surface area contributed by atoms with Crippen LogP contribution in [-0.4, -0.2) is 27.7 Å². The third-order valence-corrected chi connectivity index (χ3v) is 6.85. The summed E-state index contributed by atoms with van der Waals surface area (Å²) in [5, 5.41) is 13.3. The van der Waals surface area contributed by atoms with E-state index in [0.29, 0.717) is 5.56 Å². The van der Waals surface area contributed by atoms with Gasteiger partial charge < -0.3 is 10.0 Å². The monoisotopic (exact) mass is 425 g/mol. The molecule has 1 N–H and O–H groups in total. The van der Waals surface area contributed by atoms with Gasteiger partial charge in [0.2, 0.25) is 0 Å². The van der Waals surface area contributed by atoms with Crippen molar-refractivity contribution in [3.63, 3.8) is 0 Å². The number of aryl methyl sites for hydroxylation is 1. The molecule has 1 aliphatic carbocycles. The Kier molecular flexibility index (Phi) is 5.30. The predicted octanol–water partition coefficient (Wildman–Crippen LogP) is 5.90. The van der Waals surface area contributed by atoms with Gasteiger partial charge in [-0.15, -0.1) is 0 Å². The lowest BCUT2D eigenvalue weighted by Gasteiger charge is -2.35. The van der Waals surface area contributed by atoms with Crippen LogP contribution >= 0.6 is 0 Å². The van der Waals surface area contributed by atoms with Gasteiger partial charge in [-0.05, 0) is 36.1 Å². The van der Waals surface area contributed by atoms with Crippen molar-refractivity contribution in [1.29, 1.82) is 0 Å². The zero-order valence-electron chi connectivity index (χ0n) is 18.3. The Labute approximate surface area is 188 Å². The molecular weight excluding hydrogens is 398 g/mol. The van der Waals surface area contributed by atoms with Gasteiger partial charge in [-0.2, -0.15) is 0 Å². The molecule has 5 rings (SSSR count). The van der Waals surface area contributed by atoms with Crippen molar-refractivity contribution in [2.75, 3.05) is 0 Å². The lowest BCUT2D eigenvalue weighted by Crippen LogP contribution is -2.40. The molecule has 1 saturated heterocycles. The minimum Gasteiger partial charge on any atom is -0.507 e. The fourth-order valence-corrected chi connectivity index (χ4v) is 5.33. The molecule has 0 spiro atoms. The second-order valence-electron chi connectivity index (χ2n) is 8.94. The Balaban J connectivity index is 1.73. The van der Waals surface area contributed by atoms with Crippen LogP contribution in [0.25, 0.3) is 16.5 Å². The van der Waals surface area contributed by atoms with Crippen LogP contribution in [-0.2, 0) is 9.59 Å². The number of carbonyl (C=O) groups excluding carboxylic acids is 2. The number of ketones is 1. The normalized spacial score (nSPS) is 21.4. The molecule has 1 heterocycles. The smallest absolute Gasteiger partial charge is 0.295 e. The van der Waals surface area contributed by atoms with E-state index in [9.17, 15) is 14.7 Å². The molecule has 4 heteroatoms. The molecule has 3 aromatic carbocycles. The quantitative estimate of drug-likeness (QED) is 0.323. The predicted molar refractivity (Wildman–Crippen MR) is 126 cm³/mol. The largest absolute Gasteiger partial charge is 0.507 e. The number of aliphatic hydroxyl groups is 1. The highest BCUT2D eigenvalue weighted by atomic mass is 16.3. The number of Topliss-reactive ketones (excluding diaryl/α,β-unsaturated/α-hetero) is 1. The lowest BCUT2D eigenvalue weighted by molar-refractivity contribution is -0.141. The number of hydrogen-bond acceptors (Lipinski definition) is 3. The van der Waals surface area contributed by atoms with Crippen molar-refractivity contribution in [3.8, 4) is 0 Å². The van der Waals surface area contributed by atoms with Crippen LogP contribution in [0.15, 0.2) is 72.3 Å². The minimum atomic E-state index is -0.590. The molecule has 1 saturated carbocycles. The average Bonchev–Trinajstić information content (AvgIpc) is 3.09. The third kappa shape index (κ3) is 3.40. The molecule has 0 bridgehead atoms. The fraction of sp³-hybridized carbons (Fsp3) is 0.286. The van der Waals surface area contributed by atoms with E-state index >= 15 is 0 Å². The first-order valence-electron chi connectivity index (χ1n) is 11.4. The number of aliphatic hydroxyl groups excluding tert-OH is 1. The molecule has 2 fully saturated rings. The molecule has 3 aromatic rings. The van der Waals surface area contributed by atoms with Crippen molar-refractivity contribution >= 4 is 28.2 Å². The topological polar surface area (TPSA) is 57.6 Å². The highest BCUT2D eigenvalue weighted by molar-refractivity contribution is 6.46. The number of rotatable bonds is 3. The van der Waals surface area contributed by atoms with Crippen molar-refractivity contribution < 1.29 is 14.7 Å². The number of benzene rings is 3. The molecule has 32 heavy (non-hydrogen) atoms. The van der Waals surface area contributed by atoms with E-state index in [1.165, 1.54) is 0 Å². The van der Waals surface area contributed by atoms with Crippen molar-refractivity contribution in [2.24, 2.45) is 0 Å². The summed E-state index contributed by atoms with van der Waals surface area (Å²) >= 11 is 0.